The summed E-state index contributed by atoms with van der Waals surface area (Å²) in [6.45, 7) is 0.545. The van der Waals surface area contributed by atoms with Crippen molar-refractivity contribution in [2.24, 2.45) is 5.73 Å². The van der Waals surface area contributed by atoms with E-state index < -0.39 is 12.0 Å². The summed E-state index contributed by atoms with van der Waals surface area (Å²) in [5, 5.41) is 0. The van der Waals surface area contributed by atoms with Gasteiger partial charge in [0.25, 0.3) is 5.56 Å². The average Bonchev–Trinajstić information content (AvgIpc) is 2.85. The SMILES string of the molecule is COC(=O)C(N)CSCCn1cnc2nc(N)[nH]c(=O)c21. The predicted molar refractivity (Wildman–Crippen MR) is 79.9 cm³/mol. The number of carbonyl (C=O) groups is 1. The Morgan fingerprint density at radius 3 is 3.10 bits per heavy atom. The van der Waals surface area contributed by atoms with Gasteiger partial charge in [-0.15, -0.1) is 0 Å². The standard InChI is InChI=1S/C11H16N6O3S/c1-20-10(19)6(12)4-21-3-2-17-5-14-8-7(17)9(18)16-11(13)15-8/h5-6H,2-4,12H2,1H3,(H3,13,15,16,18). The third kappa shape index (κ3) is 3.52. The third-order valence-corrected chi connectivity index (χ3v) is 3.85. The number of carbonyl (C=O) groups excluding carboxylic acids is 1. The smallest absolute Gasteiger partial charge is 0.323 e. The Morgan fingerprint density at radius 1 is 1.62 bits per heavy atom. The van der Waals surface area contributed by atoms with Crippen molar-refractivity contribution >= 4 is 34.8 Å². The van der Waals surface area contributed by atoms with E-state index in [-0.39, 0.29) is 11.5 Å². The molecule has 2 heterocycles. The molecule has 21 heavy (non-hydrogen) atoms. The van der Waals surface area contributed by atoms with Gasteiger partial charge in [-0.05, 0) is 0 Å². The normalized spacial score (nSPS) is 12.5. The Morgan fingerprint density at radius 2 is 2.38 bits per heavy atom. The highest BCUT2D eigenvalue weighted by Gasteiger charge is 2.13. The Labute approximate surface area is 124 Å². The van der Waals surface area contributed by atoms with Crippen molar-refractivity contribution in [3.8, 4) is 0 Å². The number of esters is 1. The van der Waals surface area contributed by atoms with E-state index in [0.717, 1.165) is 0 Å². The van der Waals surface area contributed by atoms with Crippen molar-refractivity contribution in [2.75, 3.05) is 24.3 Å². The van der Waals surface area contributed by atoms with Gasteiger partial charge >= 0.3 is 5.97 Å². The van der Waals surface area contributed by atoms with Gasteiger partial charge in [0.15, 0.2) is 11.2 Å². The maximum Gasteiger partial charge on any atom is 0.323 e. The first kappa shape index (κ1) is 15.3. The quantitative estimate of drug-likeness (QED) is 0.452. The lowest BCUT2D eigenvalue weighted by Crippen LogP contribution is -2.34. The summed E-state index contributed by atoms with van der Waals surface area (Å²) in [4.78, 5) is 33.4. The number of rotatable bonds is 6. The van der Waals surface area contributed by atoms with E-state index in [4.69, 9.17) is 11.5 Å². The second-order valence-corrected chi connectivity index (χ2v) is 5.42. The van der Waals surface area contributed by atoms with E-state index in [9.17, 15) is 9.59 Å². The van der Waals surface area contributed by atoms with E-state index in [0.29, 0.717) is 29.2 Å². The van der Waals surface area contributed by atoms with Crippen LogP contribution < -0.4 is 17.0 Å². The molecule has 0 saturated heterocycles. The van der Waals surface area contributed by atoms with Gasteiger partial charge in [0.05, 0.1) is 13.4 Å². The number of ether oxygens (including phenoxy) is 1. The first-order valence-corrected chi connectivity index (χ1v) is 7.30. The van der Waals surface area contributed by atoms with E-state index in [2.05, 4.69) is 19.7 Å². The molecule has 0 aliphatic rings. The lowest BCUT2D eigenvalue weighted by molar-refractivity contribution is -0.141. The van der Waals surface area contributed by atoms with Crippen molar-refractivity contribution in [2.45, 2.75) is 12.6 Å². The van der Waals surface area contributed by atoms with Crippen LogP contribution in [0.15, 0.2) is 11.1 Å². The van der Waals surface area contributed by atoms with Crippen LogP contribution in [0.3, 0.4) is 0 Å². The number of nitrogen functional groups attached to an aromatic ring is 1. The number of nitrogens with two attached hydrogens (primary N) is 2. The number of methoxy groups -OCH3 is 1. The number of hydrogen-bond acceptors (Lipinski definition) is 8. The van der Waals surface area contributed by atoms with Gasteiger partial charge in [-0.3, -0.25) is 14.6 Å². The summed E-state index contributed by atoms with van der Waals surface area (Å²) < 4.78 is 6.23. The molecule has 0 saturated carbocycles. The van der Waals surface area contributed by atoms with Gasteiger partial charge in [0.2, 0.25) is 5.95 Å². The second-order valence-electron chi connectivity index (χ2n) is 4.27. The number of anilines is 1. The number of thioether (sulfide) groups is 1. The molecule has 0 aromatic carbocycles. The number of nitrogens with zero attached hydrogens (tertiary/aromatic N) is 3. The molecular weight excluding hydrogens is 296 g/mol. The van der Waals surface area contributed by atoms with Crippen LogP contribution in [0.4, 0.5) is 5.95 Å². The van der Waals surface area contributed by atoms with E-state index in [1.807, 2.05) is 0 Å². The molecule has 9 nitrogen and oxygen atoms in total. The number of aromatic nitrogens is 4. The molecule has 1 atom stereocenters. The highest BCUT2D eigenvalue weighted by atomic mass is 32.2. The van der Waals surface area contributed by atoms with Crippen LogP contribution in [-0.2, 0) is 16.1 Å². The summed E-state index contributed by atoms with van der Waals surface area (Å²) in [7, 11) is 1.30. The van der Waals surface area contributed by atoms with Crippen LogP contribution in [0.2, 0.25) is 0 Å². The molecule has 0 amide bonds. The summed E-state index contributed by atoms with van der Waals surface area (Å²) in [5.41, 5.74) is 11.4. The van der Waals surface area contributed by atoms with Crippen LogP contribution >= 0.6 is 11.8 Å². The van der Waals surface area contributed by atoms with Gasteiger partial charge in [0.1, 0.15) is 6.04 Å². The number of hydrogen-bond donors (Lipinski definition) is 3. The number of imidazole rings is 1. The molecule has 0 fully saturated rings. The molecule has 0 aliphatic carbocycles. The number of aryl methyl sites for hydroxylation is 1. The topological polar surface area (TPSA) is 142 Å². The fraction of sp³-hybridized carbons (Fsp3) is 0.455. The number of nitrogens with one attached hydrogen (secondary N) is 1. The van der Waals surface area contributed by atoms with Gasteiger partial charge in [-0.1, -0.05) is 0 Å². The van der Waals surface area contributed by atoms with Gasteiger partial charge in [-0.2, -0.15) is 16.7 Å². The average molecular weight is 312 g/mol. The first-order chi connectivity index (χ1) is 10.0. The predicted octanol–water partition coefficient (Wildman–Crippen LogP) is -1.06. The van der Waals surface area contributed by atoms with Crippen molar-refractivity contribution in [3.05, 3.63) is 16.7 Å². The molecule has 2 rings (SSSR count). The molecule has 5 N–H and O–H groups in total. The van der Waals surface area contributed by atoms with Crippen LogP contribution in [0.1, 0.15) is 0 Å². The van der Waals surface area contributed by atoms with Crippen LogP contribution in [0.25, 0.3) is 11.2 Å². The highest BCUT2D eigenvalue weighted by molar-refractivity contribution is 7.99. The Bertz CT molecular complexity index is 697. The summed E-state index contributed by atoms with van der Waals surface area (Å²) >= 11 is 1.49. The minimum Gasteiger partial charge on any atom is -0.468 e. The Kier molecular flexibility index (Phi) is 4.81. The maximum absolute atomic E-state index is 11.8. The maximum atomic E-state index is 11.8. The molecule has 1 unspecified atom stereocenters. The van der Waals surface area contributed by atoms with Gasteiger partial charge in [-0.25, -0.2) is 4.98 Å². The zero-order valence-electron chi connectivity index (χ0n) is 11.4. The first-order valence-electron chi connectivity index (χ1n) is 6.14. The molecule has 0 aliphatic heterocycles. The molecule has 2 aromatic rings. The van der Waals surface area contributed by atoms with Crippen molar-refractivity contribution in [1.82, 2.24) is 19.5 Å². The molecule has 114 valence electrons. The molecule has 0 radical (unpaired) electrons. The van der Waals surface area contributed by atoms with Crippen LogP contribution in [0, 0.1) is 0 Å². The second kappa shape index (κ2) is 6.59. The lowest BCUT2D eigenvalue weighted by Gasteiger charge is -2.09. The van der Waals surface area contributed by atoms with Crippen molar-refractivity contribution in [3.63, 3.8) is 0 Å². The fourth-order valence-corrected chi connectivity index (χ4v) is 2.65. The van der Waals surface area contributed by atoms with Gasteiger partial charge in [0, 0.05) is 18.1 Å². The summed E-state index contributed by atoms with van der Waals surface area (Å²) in [6, 6.07) is -0.649. The minimum atomic E-state index is -0.649. The van der Waals surface area contributed by atoms with Gasteiger partial charge < -0.3 is 20.8 Å². The molecule has 0 bridgehead atoms. The molecule has 10 heteroatoms. The van der Waals surface area contributed by atoms with E-state index in [1.54, 1.807) is 4.57 Å². The Balaban J connectivity index is 1.96. The molecule has 2 aromatic heterocycles. The minimum absolute atomic E-state index is 0.0381. The number of aromatic amines is 1. The monoisotopic (exact) mass is 312 g/mol. The lowest BCUT2D eigenvalue weighted by atomic mass is 10.4. The van der Waals surface area contributed by atoms with Crippen molar-refractivity contribution < 1.29 is 9.53 Å². The van der Waals surface area contributed by atoms with Crippen LogP contribution in [-0.4, -0.2) is 50.1 Å². The van der Waals surface area contributed by atoms with E-state index in [1.165, 1.54) is 25.2 Å². The highest BCUT2D eigenvalue weighted by Crippen LogP contribution is 2.09. The molecular formula is C11H16N6O3S. The third-order valence-electron chi connectivity index (χ3n) is 2.78. The van der Waals surface area contributed by atoms with Crippen LogP contribution in [0.5, 0.6) is 0 Å². The molecule has 0 spiro atoms. The van der Waals surface area contributed by atoms with E-state index >= 15 is 0 Å². The zero-order valence-corrected chi connectivity index (χ0v) is 12.2. The van der Waals surface area contributed by atoms with Crippen molar-refractivity contribution in [1.29, 1.82) is 0 Å². The fourth-order valence-electron chi connectivity index (χ4n) is 1.77. The Hall–Kier alpha value is -2.07. The largest absolute Gasteiger partial charge is 0.468 e. The number of H-pyrrole nitrogens is 1. The summed E-state index contributed by atoms with van der Waals surface area (Å²) in [5.74, 6) is 0.712. The summed E-state index contributed by atoms with van der Waals surface area (Å²) in [6.07, 6.45) is 1.53. The zero-order chi connectivity index (χ0) is 15.4. The number of fused-ring (bicyclic) bond motifs is 1.